The van der Waals surface area contributed by atoms with Crippen molar-refractivity contribution in [2.75, 3.05) is 4.72 Å². The van der Waals surface area contributed by atoms with E-state index in [9.17, 15) is 8.42 Å². The van der Waals surface area contributed by atoms with Gasteiger partial charge in [0.1, 0.15) is 0 Å². The summed E-state index contributed by atoms with van der Waals surface area (Å²) in [5.41, 5.74) is 2.08. The van der Waals surface area contributed by atoms with Gasteiger partial charge < -0.3 is 0 Å². The van der Waals surface area contributed by atoms with E-state index in [2.05, 4.69) is 9.82 Å². The predicted octanol–water partition coefficient (Wildman–Crippen LogP) is 3.53. The van der Waals surface area contributed by atoms with Crippen molar-refractivity contribution < 1.29 is 8.42 Å². The van der Waals surface area contributed by atoms with Gasteiger partial charge in [0, 0.05) is 11.2 Å². The zero-order chi connectivity index (χ0) is 17.0. The van der Waals surface area contributed by atoms with Crippen LogP contribution in [0, 0.1) is 0 Å². The predicted molar refractivity (Wildman–Crippen MR) is 95.5 cm³/mol. The molecule has 3 aromatic rings. The van der Waals surface area contributed by atoms with Crippen molar-refractivity contribution in [2.45, 2.75) is 12.3 Å². The topological polar surface area (TPSA) is 64.0 Å². The van der Waals surface area contributed by atoms with Gasteiger partial charge in [0.15, 0.2) is 0 Å². The third-order valence-corrected chi connectivity index (χ3v) is 5.03. The van der Waals surface area contributed by atoms with Crippen LogP contribution < -0.4 is 4.72 Å². The monoisotopic (exact) mass is 361 g/mol. The van der Waals surface area contributed by atoms with Crippen LogP contribution in [0.3, 0.4) is 0 Å². The maximum Gasteiger partial charge on any atom is 0.237 e. The van der Waals surface area contributed by atoms with E-state index in [4.69, 9.17) is 11.6 Å². The SMILES string of the molecule is O=S(=O)(Cc1ccccc1)Nc1cnn(Cc2ccccc2Cl)c1. The highest BCUT2D eigenvalue weighted by atomic mass is 35.5. The largest absolute Gasteiger partial charge is 0.280 e. The Kier molecular flexibility index (Phi) is 4.87. The molecule has 1 aromatic heterocycles. The lowest BCUT2D eigenvalue weighted by atomic mass is 10.2. The molecule has 0 saturated carbocycles. The average molecular weight is 362 g/mol. The Balaban J connectivity index is 1.68. The molecular formula is C17H16ClN3O2S. The third kappa shape index (κ3) is 4.37. The second-order valence-electron chi connectivity index (χ2n) is 5.36. The molecule has 7 heteroatoms. The Morgan fingerprint density at radius 2 is 1.75 bits per heavy atom. The molecule has 0 aliphatic rings. The van der Waals surface area contributed by atoms with Crippen LogP contribution in [0.2, 0.25) is 5.02 Å². The minimum absolute atomic E-state index is 0.0798. The molecule has 5 nitrogen and oxygen atoms in total. The molecule has 0 fully saturated rings. The molecule has 0 radical (unpaired) electrons. The van der Waals surface area contributed by atoms with Crippen LogP contribution in [-0.4, -0.2) is 18.2 Å². The number of hydrogen-bond acceptors (Lipinski definition) is 3. The normalized spacial score (nSPS) is 11.4. The molecule has 0 aliphatic heterocycles. The number of rotatable bonds is 6. The molecule has 0 spiro atoms. The molecular weight excluding hydrogens is 346 g/mol. The minimum Gasteiger partial charge on any atom is -0.280 e. The van der Waals surface area contributed by atoms with Gasteiger partial charge in [0.2, 0.25) is 10.0 Å². The van der Waals surface area contributed by atoms with E-state index in [-0.39, 0.29) is 5.75 Å². The lowest BCUT2D eigenvalue weighted by Crippen LogP contribution is -2.14. The molecule has 1 heterocycles. The summed E-state index contributed by atoms with van der Waals surface area (Å²) in [5, 5.41) is 4.83. The molecule has 2 aromatic carbocycles. The molecule has 3 rings (SSSR count). The summed E-state index contributed by atoms with van der Waals surface area (Å²) in [7, 11) is -3.48. The van der Waals surface area contributed by atoms with Crippen LogP contribution in [0.1, 0.15) is 11.1 Å². The maximum atomic E-state index is 12.2. The summed E-state index contributed by atoms with van der Waals surface area (Å²) in [5.74, 6) is -0.0798. The fourth-order valence-corrected chi connectivity index (χ4v) is 3.68. The first-order valence-electron chi connectivity index (χ1n) is 7.32. The van der Waals surface area contributed by atoms with Crippen LogP contribution in [0.15, 0.2) is 67.0 Å². The Hall–Kier alpha value is -2.31. The van der Waals surface area contributed by atoms with Crippen molar-refractivity contribution in [1.29, 1.82) is 0 Å². The van der Waals surface area contributed by atoms with Gasteiger partial charge in [0.25, 0.3) is 0 Å². The number of benzene rings is 2. The van der Waals surface area contributed by atoms with Gasteiger partial charge in [-0.15, -0.1) is 0 Å². The second kappa shape index (κ2) is 7.07. The number of sulfonamides is 1. The van der Waals surface area contributed by atoms with E-state index >= 15 is 0 Å². The smallest absolute Gasteiger partial charge is 0.237 e. The molecule has 0 amide bonds. The number of hydrogen-bond donors (Lipinski definition) is 1. The Bertz CT molecular complexity index is 924. The van der Waals surface area contributed by atoms with E-state index in [1.54, 1.807) is 23.0 Å². The number of aromatic nitrogens is 2. The summed E-state index contributed by atoms with van der Waals surface area (Å²) in [6.07, 6.45) is 3.13. The summed E-state index contributed by atoms with van der Waals surface area (Å²) in [6.45, 7) is 0.472. The Morgan fingerprint density at radius 1 is 1.04 bits per heavy atom. The minimum atomic E-state index is -3.48. The van der Waals surface area contributed by atoms with E-state index < -0.39 is 10.0 Å². The first kappa shape index (κ1) is 16.5. The van der Waals surface area contributed by atoms with E-state index in [0.29, 0.717) is 17.3 Å². The summed E-state index contributed by atoms with van der Waals surface area (Å²) in [4.78, 5) is 0. The number of nitrogens with one attached hydrogen (secondary N) is 1. The van der Waals surface area contributed by atoms with Crippen molar-refractivity contribution >= 4 is 27.3 Å². The third-order valence-electron chi connectivity index (χ3n) is 3.40. The fourth-order valence-electron chi connectivity index (χ4n) is 2.31. The van der Waals surface area contributed by atoms with E-state index in [1.165, 1.54) is 6.20 Å². The molecule has 0 bridgehead atoms. The zero-order valence-corrected chi connectivity index (χ0v) is 14.3. The van der Waals surface area contributed by atoms with Gasteiger partial charge in [-0.2, -0.15) is 5.10 Å². The number of halogens is 1. The van der Waals surface area contributed by atoms with Gasteiger partial charge in [0.05, 0.1) is 24.2 Å². The van der Waals surface area contributed by atoms with Crippen LogP contribution in [0.5, 0.6) is 0 Å². The standard InChI is InChI=1S/C17H16ClN3O2S/c18-17-9-5-4-8-15(17)11-21-12-16(10-19-21)20-24(22,23)13-14-6-2-1-3-7-14/h1-10,12,20H,11,13H2. The lowest BCUT2D eigenvalue weighted by Gasteiger charge is -2.06. The summed E-state index contributed by atoms with van der Waals surface area (Å²) in [6, 6.07) is 16.5. The van der Waals surface area contributed by atoms with Crippen molar-refractivity contribution in [3.05, 3.63) is 83.1 Å². The highest BCUT2D eigenvalue weighted by Gasteiger charge is 2.13. The maximum absolute atomic E-state index is 12.2. The van der Waals surface area contributed by atoms with Crippen molar-refractivity contribution in [2.24, 2.45) is 0 Å². The molecule has 124 valence electrons. The second-order valence-corrected chi connectivity index (χ2v) is 7.49. The van der Waals surface area contributed by atoms with Gasteiger partial charge in [-0.05, 0) is 17.2 Å². The van der Waals surface area contributed by atoms with Crippen molar-refractivity contribution in [1.82, 2.24) is 9.78 Å². The van der Waals surface area contributed by atoms with Gasteiger partial charge >= 0.3 is 0 Å². The van der Waals surface area contributed by atoms with Crippen LogP contribution in [0.4, 0.5) is 5.69 Å². The molecule has 0 aliphatic carbocycles. The highest BCUT2D eigenvalue weighted by Crippen LogP contribution is 2.17. The molecule has 0 saturated heterocycles. The zero-order valence-electron chi connectivity index (χ0n) is 12.8. The van der Waals surface area contributed by atoms with Gasteiger partial charge in [-0.3, -0.25) is 9.40 Å². The quantitative estimate of drug-likeness (QED) is 0.730. The number of anilines is 1. The van der Waals surface area contributed by atoms with E-state index in [0.717, 1.165) is 11.1 Å². The molecule has 1 N–H and O–H groups in total. The van der Waals surface area contributed by atoms with Gasteiger partial charge in [-0.25, -0.2) is 8.42 Å². The fraction of sp³-hybridized carbons (Fsp3) is 0.118. The first-order valence-corrected chi connectivity index (χ1v) is 9.35. The number of nitrogens with zero attached hydrogens (tertiary/aromatic N) is 2. The van der Waals surface area contributed by atoms with Crippen LogP contribution in [-0.2, 0) is 22.3 Å². The Labute approximate surface area is 145 Å². The summed E-state index contributed by atoms with van der Waals surface area (Å²) >= 11 is 6.13. The van der Waals surface area contributed by atoms with Crippen LogP contribution >= 0.6 is 11.6 Å². The average Bonchev–Trinajstić information content (AvgIpc) is 2.96. The molecule has 0 unspecified atom stereocenters. The highest BCUT2D eigenvalue weighted by molar-refractivity contribution is 7.91. The Morgan fingerprint density at radius 3 is 2.50 bits per heavy atom. The summed E-state index contributed by atoms with van der Waals surface area (Å²) < 4.78 is 28.6. The van der Waals surface area contributed by atoms with E-state index in [1.807, 2.05) is 42.5 Å². The lowest BCUT2D eigenvalue weighted by molar-refractivity contribution is 0.600. The molecule has 0 atom stereocenters. The van der Waals surface area contributed by atoms with Crippen LogP contribution in [0.25, 0.3) is 0 Å². The van der Waals surface area contributed by atoms with Gasteiger partial charge in [-0.1, -0.05) is 60.1 Å². The van der Waals surface area contributed by atoms with Crippen molar-refractivity contribution in [3.63, 3.8) is 0 Å². The van der Waals surface area contributed by atoms with Crippen molar-refractivity contribution in [3.8, 4) is 0 Å². The first-order chi connectivity index (χ1) is 11.5. The molecule has 24 heavy (non-hydrogen) atoms.